The zero-order valence-corrected chi connectivity index (χ0v) is 5.51. The Morgan fingerprint density at radius 2 is 2.00 bits per heavy atom. The highest BCUT2D eigenvalue weighted by molar-refractivity contribution is 5.04. The molecule has 1 N–H and O–H groups in total. The summed E-state index contributed by atoms with van der Waals surface area (Å²) in [5.41, 5.74) is 0.501. The quantitative estimate of drug-likeness (QED) is 0.502. The third kappa shape index (κ3) is 0.700. The second-order valence-electron chi connectivity index (χ2n) is 3.55. The standard InChI is InChI=1S/C7H12NO/c1-8-4-7(5-8)2-6(9)3-7/h6,9H,1-5H2. The van der Waals surface area contributed by atoms with Gasteiger partial charge in [0.25, 0.3) is 0 Å². The van der Waals surface area contributed by atoms with E-state index < -0.39 is 0 Å². The maximum atomic E-state index is 9.00. The Labute approximate surface area is 55.5 Å². The van der Waals surface area contributed by atoms with E-state index in [0.29, 0.717) is 5.41 Å². The number of nitrogens with zero attached hydrogens (tertiary/aromatic N) is 1. The lowest BCUT2D eigenvalue weighted by Crippen LogP contribution is -2.61. The van der Waals surface area contributed by atoms with Gasteiger partial charge in [0, 0.05) is 25.6 Å². The highest BCUT2D eigenvalue weighted by Gasteiger charge is 2.50. The molecule has 0 atom stereocenters. The third-order valence-corrected chi connectivity index (χ3v) is 2.46. The molecule has 1 spiro atoms. The zero-order valence-electron chi connectivity index (χ0n) is 5.51. The lowest BCUT2D eigenvalue weighted by molar-refractivity contribution is -0.112. The predicted octanol–water partition coefficient (Wildman–Crippen LogP) is 0.235. The normalized spacial score (nSPS) is 34.0. The molecule has 0 bridgehead atoms. The first-order chi connectivity index (χ1) is 4.20. The van der Waals surface area contributed by atoms with Gasteiger partial charge in [-0.05, 0) is 12.8 Å². The molecule has 0 aromatic heterocycles. The highest BCUT2D eigenvalue weighted by atomic mass is 16.3. The maximum absolute atomic E-state index is 9.00. The van der Waals surface area contributed by atoms with E-state index in [9.17, 15) is 0 Å². The average Bonchev–Trinajstić information content (AvgIpc) is 1.58. The van der Waals surface area contributed by atoms with Gasteiger partial charge in [0.05, 0.1) is 6.10 Å². The van der Waals surface area contributed by atoms with Gasteiger partial charge in [-0.15, -0.1) is 0 Å². The Balaban J connectivity index is 1.87. The molecule has 0 aromatic carbocycles. The topological polar surface area (TPSA) is 23.5 Å². The number of likely N-dealkylation sites (tertiary alicyclic amines) is 1. The fourth-order valence-corrected chi connectivity index (χ4v) is 2.10. The smallest absolute Gasteiger partial charge is 0.0552 e. The van der Waals surface area contributed by atoms with Crippen LogP contribution in [0.1, 0.15) is 12.8 Å². The Kier molecular flexibility index (Phi) is 0.945. The van der Waals surface area contributed by atoms with Crippen molar-refractivity contribution in [1.29, 1.82) is 0 Å². The van der Waals surface area contributed by atoms with E-state index in [4.69, 9.17) is 5.11 Å². The van der Waals surface area contributed by atoms with E-state index in [1.165, 1.54) is 0 Å². The highest BCUT2D eigenvalue weighted by Crippen LogP contribution is 2.47. The molecule has 2 aliphatic rings. The van der Waals surface area contributed by atoms with E-state index in [1.807, 2.05) is 0 Å². The molecule has 2 heteroatoms. The summed E-state index contributed by atoms with van der Waals surface area (Å²) in [5.74, 6) is 0. The first kappa shape index (κ1) is 5.69. The summed E-state index contributed by atoms with van der Waals surface area (Å²) in [6.07, 6.45) is 2.02. The summed E-state index contributed by atoms with van der Waals surface area (Å²) in [7, 11) is 3.80. The van der Waals surface area contributed by atoms with Crippen molar-refractivity contribution >= 4 is 0 Å². The number of aliphatic hydroxyl groups excluding tert-OH is 1. The van der Waals surface area contributed by atoms with Crippen molar-refractivity contribution in [3.63, 3.8) is 0 Å². The number of hydrogen-bond acceptors (Lipinski definition) is 2. The Hall–Kier alpha value is -0.0800. The van der Waals surface area contributed by atoms with Gasteiger partial charge in [0.15, 0.2) is 0 Å². The first-order valence-corrected chi connectivity index (χ1v) is 3.44. The van der Waals surface area contributed by atoms with Crippen molar-refractivity contribution in [1.82, 2.24) is 4.90 Å². The molecule has 0 amide bonds. The van der Waals surface area contributed by atoms with Gasteiger partial charge in [-0.25, -0.2) is 0 Å². The fraction of sp³-hybridized carbons (Fsp3) is 0.857. The molecule has 0 unspecified atom stereocenters. The molecule has 2 nitrogen and oxygen atoms in total. The molecule has 2 fully saturated rings. The van der Waals surface area contributed by atoms with Gasteiger partial charge in [-0.3, -0.25) is 0 Å². The summed E-state index contributed by atoms with van der Waals surface area (Å²) in [4.78, 5) is 2.06. The monoisotopic (exact) mass is 126 g/mol. The largest absolute Gasteiger partial charge is 0.393 e. The van der Waals surface area contributed by atoms with Gasteiger partial charge < -0.3 is 10.0 Å². The van der Waals surface area contributed by atoms with Crippen molar-refractivity contribution in [3.8, 4) is 0 Å². The Morgan fingerprint density at radius 3 is 2.33 bits per heavy atom. The Bertz CT molecular complexity index is 103. The van der Waals surface area contributed by atoms with Gasteiger partial charge in [0.1, 0.15) is 0 Å². The summed E-state index contributed by atoms with van der Waals surface area (Å²) >= 11 is 0. The Morgan fingerprint density at radius 1 is 1.44 bits per heavy atom. The van der Waals surface area contributed by atoms with E-state index in [2.05, 4.69) is 11.9 Å². The second kappa shape index (κ2) is 1.50. The molecule has 1 aliphatic carbocycles. The van der Waals surface area contributed by atoms with E-state index in [1.54, 1.807) is 0 Å². The predicted molar refractivity (Wildman–Crippen MR) is 34.6 cm³/mol. The molecular weight excluding hydrogens is 114 g/mol. The summed E-state index contributed by atoms with van der Waals surface area (Å²) in [5, 5.41) is 9.00. The fourth-order valence-electron chi connectivity index (χ4n) is 2.10. The second-order valence-corrected chi connectivity index (χ2v) is 3.55. The van der Waals surface area contributed by atoms with Crippen LogP contribution < -0.4 is 0 Å². The molecule has 1 saturated carbocycles. The summed E-state index contributed by atoms with van der Waals surface area (Å²) in [6.45, 7) is 2.20. The van der Waals surface area contributed by atoms with Crippen LogP contribution in [-0.4, -0.2) is 29.2 Å². The average molecular weight is 126 g/mol. The van der Waals surface area contributed by atoms with Crippen LogP contribution in [0.15, 0.2) is 0 Å². The molecule has 1 heterocycles. The van der Waals surface area contributed by atoms with E-state index in [-0.39, 0.29) is 6.10 Å². The molecule has 0 aromatic rings. The van der Waals surface area contributed by atoms with Crippen molar-refractivity contribution in [2.75, 3.05) is 13.1 Å². The van der Waals surface area contributed by atoms with Crippen molar-refractivity contribution in [3.05, 3.63) is 7.05 Å². The molecule has 51 valence electrons. The molecule has 2 rings (SSSR count). The van der Waals surface area contributed by atoms with E-state index in [0.717, 1.165) is 25.9 Å². The number of rotatable bonds is 0. The van der Waals surface area contributed by atoms with Crippen LogP contribution >= 0.6 is 0 Å². The first-order valence-electron chi connectivity index (χ1n) is 3.44. The van der Waals surface area contributed by atoms with Gasteiger partial charge in [-0.2, -0.15) is 0 Å². The number of hydrogen-bond donors (Lipinski definition) is 1. The number of aliphatic hydroxyl groups is 1. The lowest BCUT2D eigenvalue weighted by atomic mass is 9.62. The van der Waals surface area contributed by atoms with E-state index >= 15 is 0 Å². The zero-order chi connectivity index (χ0) is 6.48. The molecule has 1 aliphatic heterocycles. The molecular formula is C7H12NO. The van der Waals surface area contributed by atoms with Crippen molar-refractivity contribution in [2.45, 2.75) is 18.9 Å². The van der Waals surface area contributed by atoms with Gasteiger partial charge in [0.2, 0.25) is 0 Å². The summed E-state index contributed by atoms with van der Waals surface area (Å²) < 4.78 is 0. The minimum absolute atomic E-state index is 0.00120. The minimum atomic E-state index is -0.00120. The van der Waals surface area contributed by atoms with Gasteiger partial charge in [-0.1, -0.05) is 0 Å². The SMILES string of the molecule is [CH2]N1CC2(CC(O)C2)C1. The van der Waals surface area contributed by atoms with Crippen LogP contribution in [0.4, 0.5) is 0 Å². The van der Waals surface area contributed by atoms with Crippen LogP contribution in [0.5, 0.6) is 0 Å². The van der Waals surface area contributed by atoms with Crippen LogP contribution in [0.3, 0.4) is 0 Å². The van der Waals surface area contributed by atoms with Gasteiger partial charge >= 0.3 is 0 Å². The van der Waals surface area contributed by atoms with Crippen LogP contribution in [0, 0.1) is 12.5 Å². The molecule has 1 saturated heterocycles. The molecule has 9 heavy (non-hydrogen) atoms. The summed E-state index contributed by atoms with van der Waals surface area (Å²) in [6, 6.07) is 0. The third-order valence-electron chi connectivity index (χ3n) is 2.46. The van der Waals surface area contributed by atoms with Crippen LogP contribution in [-0.2, 0) is 0 Å². The van der Waals surface area contributed by atoms with Crippen LogP contribution in [0.25, 0.3) is 0 Å². The van der Waals surface area contributed by atoms with Crippen LogP contribution in [0.2, 0.25) is 0 Å². The minimum Gasteiger partial charge on any atom is -0.393 e. The van der Waals surface area contributed by atoms with Crippen molar-refractivity contribution in [2.24, 2.45) is 5.41 Å². The van der Waals surface area contributed by atoms with Crippen molar-refractivity contribution < 1.29 is 5.11 Å². The lowest BCUT2D eigenvalue weighted by Gasteiger charge is -2.56. The molecule has 1 radical (unpaired) electrons. The maximum Gasteiger partial charge on any atom is 0.0552 e.